The highest BCUT2D eigenvalue weighted by Gasteiger charge is 2.20. The summed E-state index contributed by atoms with van der Waals surface area (Å²) in [5.74, 6) is -0.204. The Hall–Kier alpha value is -2.73. The van der Waals surface area contributed by atoms with Crippen molar-refractivity contribution < 1.29 is 14.3 Å². The van der Waals surface area contributed by atoms with Crippen LogP contribution in [0.4, 0.5) is 0 Å². The summed E-state index contributed by atoms with van der Waals surface area (Å²) in [6.07, 6.45) is 1.21. The van der Waals surface area contributed by atoms with Crippen molar-refractivity contribution in [3.05, 3.63) is 71.3 Å². The first-order valence-electron chi connectivity index (χ1n) is 11.2. The van der Waals surface area contributed by atoms with E-state index in [4.69, 9.17) is 17.0 Å². The number of hydrogen-bond donors (Lipinski definition) is 1. The minimum atomic E-state index is -0.343. The van der Waals surface area contributed by atoms with Crippen LogP contribution in [-0.4, -0.2) is 35.0 Å². The number of ether oxygens (including phenoxy) is 1. The van der Waals surface area contributed by atoms with Gasteiger partial charge >= 0.3 is 5.97 Å². The van der Waals surface area contributed by atoms with Crippen LogP contribution in [0.25, 0.3) is 0 Å². The first-order chi connectivity index (χ1) is 15.3. The summed E-state index contributed by atoms with van der Waals surface area (Å²) in [5.41, 5.74) is 3.25. The second-order valence-electron chi connectivity index (χ2n) is 8.32. The second-order valence-corrected chi connectivity index (χ2v) is 8.70. The molecule has 0 heterocycles. The summed E-state index contributed by atoms with van der Waals surface area (Å²) < 4.78 is 5.04. The highest BCUT2D eigenvalue weighted by Crippen LogP contribution is 2.18. The lowest BCUT2D eigenvalue weighted by molar-refractivity contribution is -0.143. The fourth-order valence-electron chi connectivity index (χ4n) is 3.37. The number of nitrogens with one attached hydrogen (secondary N) is 1. The normalized spacial score (nSPS) is 11.7. The van der Waals surface area contributed by atoms with Crippen molar-refractivity contribution in [1.29, 1.82) is 0 Å². The predicted molar refractivity (Wildman–Crippen MR) is 132 cm³/mol. The highest BCUT2D eigenvalue weighted by atomic mass is 32.1. The van der Waals surface area contributed by atoms with Crippen molar-refractivity contribution in [2.75, 3.05) is 13.2 Å². The van der Waals surface area contributed by atoms with Gasteiger partial charge in [0.05, 0.1) is 18.9 Å². The molecule has 0 fully saturated rings. The van der Waals surface area contributed by atoms with E-state index in [1.165, 1.54) is 5.56 Å². The predicted octanol–water partition coefficient (Wildman–Crippen LogP) is 4.85. The van der Waals surface area contributed by atoms with Crippen LogP contribution in [0.5, 0.6) is 0 Å². The third-order valence-electron chi connectivity index (χ3n) is 5.14. The molecule has 1 atom stereocenters. The Morgan fingerprint density at radius 3 is 2.25 bits per heavy atom. The van der Waals surface area contributed by atoms with Gasteiger partial charge in [-0.15, -0.1) is 0 Å². The monoisotopic (exact) mass is 454 g/mol. The lowest BCUT2D eigenvalue weighted by Gasteiger charge is -2.26. The fourth-order valence-corrected chi connectivity index (χ4v) is 3.63. The molecule has 1 N–H and O–H groups in total. The van der Waals surface area contributed by atoms with Gasteiger partial charge in [-0.3, -0.25) is 9.59 Å². The Kier molecular flexibility index (Phi) is 10.3. The average molecular weight is 455 g/mol. The molecule has 5 nitrogen and oxygen atoms in total. The van der Waals surface area contributed by atoms with Crippen LogP contribution in [0.1, 0.15) is 56.7 Å². The molecule has 0 aliphatic rings. The Morgan fingerprint density at radius 1 is 1.00 bits per heavy atom. The number of hydrogen-bond acceptors (Lipinski definition) is 4. The van der Waals surface area contributed by atoms with E-state index in [1.54, 1.807) is 6.92 Å². The summed E-state index contributed by atoms with van der Waals surface area (Å²) in [7, 11) is 0. The van der Waals surface area contributed by atoms with Gasteiger partial charge in [-0.05, 0) is 55.1 Å². The smallest absolute Gasteiger partial charge is 0.307 e. The van der Waals surface area contributed by atoms with Crippen molar-refractivity contribution in [3.8, 4) is 0 Å². The molecule has 0 bridgehead atoms. The van der Waals surface area contributed by atoms with E-state index in [0.717, 1.165) is 17.5 Å². The summed E-state index contributed by atoms with van der Waals surface area (Å²) >= 11 is 5.55. The fraction of sp³-hybridized carbons (Fsp3) is 0.423. The Bertz CT molecular complexity index is 882. The molecular formula is C26H34N2O3S. The van der Waals surface area contributed by atoms with Gasteiger partial charge in [-0.1, -0.05) is 68.4 Å². The third kappa shape index (κ3) is 8.42. The topological polar surface area (TPSA) is 58.6 Å². The van der Waals surface area contributed by atoms with E-state index < -0.39 is 0 Å². The van der Waals surface area contributed by atoms with Gasteiger partial charge in [0, 0.05) is 13.1 Å². The van der Waals surface area contributed by atoms with Crippen LogP contribution in [0.15, 0.2) is 54.6 Å². The number of rotatable bonds is 10. The van der Waals surface area contributed by atoms with Crippen molar-refractivity contribution in [2.24, 2.45) is 5.92 Å². The maximum Gasteiger partial charge on any atom is 0.307 e. The van der Waals surface area contributed by atoms with Crippen molar-refractivity contribution in [2.45, 2.75) is 53.0 Å². The summed E-state index contributed by atoms with van der Waals surface area (Å²) in [6.45, 7) is 9.23. The first kappa shape index (κ1) is 25.5. The average Bonchev–Trinajstić information content (AvgIpc) is 2.77. The van der Waals surface area contributed by atoms with Gasteiger partial charge in [-0.25, -0.2) is 0 Å². The zero-order chi connectivity index (χ0) is 23.5. The third-order valence-corrected chi connectivity index (χ3v) is 5.50. The molecule has 2 aromatic rings. The number of amides is 1. The van der Waals surface area contributed by atoms with E-state index in [-0.39, 0.29) is 24.2 Å². The number of esters is 1. The summed E-state index contributed by atoms with van der Waals surface area (Å²) in [4.78, 5) is 26.6. The van der Waals surface area contributed by atoms with E-state index >= 15 is 0 Å². The number of thiocarbonyl (C=S) groups is 1. The van der Waals surface area contributed by atoms with Crippen LogP contribution >= 0.6 is 12.2 Å². The maximum absolute atomic E-state index is 12.9. The van der Waals surface area contributed by atoms with Gasteiger partial charge in [0.25, 0.3) is 0 Å². The van der Waals surface area contributed by atoms with E-state index in [9.17, 15) is 9.59 Å². The summed E-state index contributed by atoms with van der Waals surface area (Å²) in [6, 6.07) is 18.0. The van der Waals surface area contributed by atoms with E-state index in [1.807, 2.05) is 54.3 Å². The largest absolute Gasteiger partial charge is 0.466 e. The molecule has 32 heavy (non-hydrogen) atoms. The van der Waals surface area contributed by atoms with Crippen molar-refractivity contribution >= 4 is 29.2 Å². The number of nitrogens with zero attached hydrogens (tertiary/aromatic N) is 1. The SMILES string of the molecule is CCOC(=O)CCN(Cc1ccccc1)C(=S)NC(=O)C(C)c1ccc(CC(C)C)cc1. The maximum atomic E-state index is 12.9. The lowest BCUT2D eigenvalue weighted by atomic mass is 9.96. The zero-order valence-electron chi connectivity index (χ0n) is 19.5. The summed E-state index contributed by atoms with van der Waals surface area (Å²) in [5, 5.41) is 3.18. The van der Waals surface area contributed by atoms with E-state index in [2.05, 4.69) is 31.3 Å². The van der Waals surface area contributed by atoms with Crippen LogP contribution in [0.2, 0.25) is 0 Å². The molecule has 0 spiro atoms. The molecule has 172 valence electrons. The van der Waals surface area contributed by atoms with Crippen molar-refractivity contribution in [1.82, 2.24) is 10.2 Å². The quantitative estimate of drug-likeness (QED) is 0.411. The number of benzene rings is 2. The molecule has 0 aliphatic carbocycles. The molecule has 6 heteroatoms. The molecule has 1 unspecified atom stereocenters. The Labute approximate surface area is 197 Å². The first-order valence-corrected chi connectivity index (χ1v) is 11.6. The second kappa shape index (κ2) is 13.0. The van der Waals surface area contributed by atoms with E-state index in [0.29, 0.717) is 30.7 Å². The standard InChI is InChI=1S/C26H34N2O3S/c1-5-31-24(29)15-16-28(18-22-9-7-6-8-10-22)26(32)27-25(30)20(4)23-13-11-21(12-14-23)17-19(2)3/h6-14,19-20H,5,15-18H2,1-4H3,(H,27,30,32). The number of carbonyl (C=O) groups is 2. The van der Waals surface area contributed by atoms with Crippen molar-refractivity contribution in [3.63, 3.8) is 0 Å². The van der Waals surface area contributed by atoms with Crippen LogP contribution in [-0.2, 0) is 27.3 Å². The molecule has 0 radical (unpaired) electrons. The van der Waals surface area contributed by atoms with Crippen LogP contribution in [0, 0.1) is 5.92 Å². The van der Waals surface area contributed by atoms with Gasteiger partial charge < -0.3 is 15.0 Å². The van der Waals surface area contributed by atoms with Gasteiger partial charge in [-0.2, -0.15) is 0 Å². The number of carbonyl (C=O) groups excluding carboxylic acids is 2. The van der Waals surface area contributed by atoms with Crippen LogP contribution in [0.3, 0.4) is 0 Å². The molecule has 0 aliphatic heterocycles. The van der Waals surface area contributed by atoms with Gasteiger partial charge in [0.1, 0.15) is 0 Å². The minimum absolute atomic E-state index is 0.166. The Morgan fingerprint density at radius 2 is 1.66 bits per heavy atom. The molecular weight excluding hydrogens is 420 g/mol. The molecule has 0 saturated carbocycles. The van der Waals surface area contributed by atoms with Gasteiger partial charge in [0.2, 0.25) is 5.91 Å². The molecule has 1 amide bonds. The lowest BCUT2D eigenvalue weighted by Crippen LogP contribution is -2.44. The molecule has 2 aromatic carbocycles. The molecule has 0 saturated heterocycles. The Balaban J connectivity index is 2.03. The molecule has 2 rings (SSSR count). The molecule has 0 aromatic heterocycles. The van der Waals surface area contributed by atoms with Gasteiger partial charge in [0.15, 0.2) is 5.11 Å². The van der Waals surface area contributed by atoms with Crippen LogP contribution < -0.4 is 5.32 Å². The highest BCUT2D eigenvalue weighted by molar-refractivity contribution is 7.80. The minimum Gasteiger partial charge on any atom is -0.466 e. The zero-order valence-corrected chi connectivity index (χ0v) is 20.3.